The molecule has 1 aromatic heterocycles. The molecular formula is C10H15N3O2S. The van der Waals surface area contributed by atoms with Crippen LogP contribution in [0.15, 0.2) is 0 Å². The molecule has 0 aromatic carbocycles. The van der Waals surface area contributed by atoms with Crippen molar-refractivity contribution in [3.63, 3.8) is 0 Å². The third kappa shape index (κ3) is 2.76. The number of ether oxygens (including phenoxy) is 1. The second-order valence-corrected chi connectivity index (χ2v) is 4.49. The predicted octanol–water partition coefficient (Wildman–Crippen LogP) is 1.00. The molecule has 1 fully saturated rings. The summed E-state index contributed by atoms with van der Waals surface area (Å²) in [7, 11) is 0. The number of aryl methyl sites for hydroxylation is 1. The second-order valence-electron chi connectivity index (χ2n) is 3.96. The van der Waals surface area contributed by atoms with Gasteiger partial charge < -0.3 is 10.1 Å². The van der Waals surface area contributed by atoms with Gasteiger partial charge in [0.15, 0.2) is 5.69 Å². The normalized spacial score (nSPS) is 17.3. The van der Waals surface area contributed by atoms with Crippen LogP contribution in [-0.2, 0) is 4.74 Å². The van der Waals surface area contributed by atoms with Gasteiger partial charge in [-0.05, 0) is 25.7 Å². The van der Waals surface area contributed by atoms with Gasteiger partial charge in [0.05, 0.1) is 17.4 Å². The number of amides is 1. The minimum absolute atomic E-state index is 0.113. The Balaban J connectivity index is 1.81. The van der Waals surface area contributed by atoms with Gasteiger partial charge in [-0.25, -0.2) is 0 Å². The summed E-state index contributed by atoms with van der Waals surface area (Å²) in [5.41, 5.74) is 1.16. The molecule has 0 unspecified atom stereocenters. The van der Waals surface area contributed by atoms with Crippen molar-refractivity contribution in [2.45, 2.75) is 19.8 Å². The van der Waals surface area contributed by atoms with Crippen LogP contribution in [0.25, 0.3) is 0 Å². The molecule has 88 valence electrons. The first-order valence-corrected chi connectivity index (χ1v) is 6.15. The average Bonchev–Trinajstić information content (AvgIpc) is 2.74. The molecule has 1 saturated heterocycles. The zero-order valence-electron chi connectivity index (χ0n) is 9.23. The summed E-state index contributed by atoms with van der Waals surface area (Å²) >= 11 is 1.08. The summed E-state index contributed by atoms with van der Waals surface area (Å²) in [5, 5.41) is 2.91. The van der Waals surface area contributed by atoms with E-state index in [4.69, 9.17) is 4.74 Å². The van der Waals surface area contributed by atoms with E-state index < -0.39 is 0 Å². The van der Waals surface area contributed by atoms with E-state index in [0.29, 0.717) is 23.9 Å². The molecule has 1 amide bonds. The van der Waals surface area contributed by atoms with Crippen molar-refractivity contribution in [3.8, 4) is 0 Å². The lowest BCUT2D eigenvalue weighted by atomic mass is 10.0. The number of nitrogens with zero attached hydrogens (tertiary/aromatic N) is 2. The third-order valence-corrected chi connectivity index (χ3v) is 3.38. The van der Waals surface area contributed by atoms with E-state index in [1.807, 2.05) is 0 Å². The molecule has 16 heavy (non-hydrogen) atoms. The van der Waals surface area contributed by atoms with Crippen molar-refractivity contribution in [2.75, 3.05) is 19.8 Å². The van der Waals surface area contributed by atoms with E-state index in [9.17, 15) is 4.79 Å². The van der Waals surface area contributed by atoms with E-state index >= 15 is 0 Å². The molecule has 6 heteroatoms. The molecule has 0 radical (unpaired) electrons. The van der Waals surface area contributed by atoms with E-state index in [0.717, 1.165) is 37.8 Å². The van der Waals surface area contributed by atoms with Crippen LogP contribution in [0, 0.1) is 12.8 Å². The number of aromatic nitrogens is 2. The fourth-order valence-electron chi connectivity index (χ4n) is 1.71. The number of nitrogens with one attached hydrogen (secondary N) is 1. The topological polar surface area (TPSA) is 64.1 Å². The van der Waals surface area contributed by atoms with Crippen molar-refractivity contribution in [1.82, 2.24) is 14.1 Å². The Morgan fingerprint density at radius 2 is 2.25 bits per heavy atom. The Hall–Kier alpha value is -1.01. The Labute approximate surface area is 98.5 Å². The summed E-state index contributed by atoms with van der Waals surface area (Å²) in [6.45, 7) is 4.11. The Kier molecular flexibility index (Phi) is 3.84. The fourth-order valence-corrected chi connectivity index (χ4v) is 2.26. The van der Waals surface area contributed by atoms with Crippen LogP contribution in [0.1, 0.15) is 29.0 Å². The molecule has 0 saturated carbocycles. The van der Waals surface area contributed by atoms with Gasteiger partial charge in [0, 0.05) is 19.8 Å². The van der Waals surface area contributed by atoms with Gasteiger partial charge in [-0.3, -0.25) is 4.79 Å². The molecule has 1 aromatic rings. The quantitative estimate of drug-likeness (QED) is 0.857. The van der Waals surface area contributed by atoms with Crippen molar-refractivity contribution in [3.05, 3.63) is 11.4 Å². The van der Waals surface area contributed by atoms with Crippen molar-refractivity contribution in [1.29, 1.82) is 0 Å². The van der Waals surface area contributed by atoms with Crippen LogP contribution < -0.4 is 5.32 Å². The molecule has 1 N–H and O–H groups in total. The molecule has 5 nitrogen and oxygen atoms in total. The van der Waals surface area contributed by atoms with Gasteiger partial charge in [-0.2, -0.15) is 8.75 Å². The Bertz CT molecular complexity index is 361. The van der Waals surface area contributed by atoms with Crippen molar-refractivity contribution in [2.24, 2.45) is 5.92 Å². The zero-order valence-corrected chi connectivity index (χ0v) is 10.0. The van der Waals surface area contributed by atoms with Crippen LogP contribution in [0.5, 0.6) is 0 Å². The molecular weight excluding hydrogens is 226 g/mol. The molecule has 0 spiro atoms. The first kappa shape index (κ1) is 11.5. The Morgan fingerprint density at radius 1 is 1.50 bits per heavy atom. The highest BCUT2D eigenvalue weighted by molar-refractivity contribution is 6.99. The number of carbonyl (C=O) groups is 1. The molecule has 0 bridgehead atoms. The van der Waals surface area contributed by atoms with Gasteiger partial charge in [-0.1, -0.05) is 0 Å². The number of carbonyl (C=O) groups excluding carboxylic acids is 1. The van der Waals surface area contributed by atoms with Gasteiger partial charge in [0.1, 0.15) is 0 Å². The average molecular weight is 241 g/mol. The minimum Gasteiger partial charge on any atom is -0.381 e. The van der Waals surface area contributed by atoms with E-state index in [-0.39, 0.29) is 5.91 Å². The van der Waals surface area contributed by atoms with Crippen LogP contribution >= 0.6 is 11.7 Å². The van der Waals surface area contributed by atoms with Crippen LogP contribution in [-0.4, -0.2) is 34.4 Å². The SMILES string of the molecule is Cc1nsnc1C(=O)NCC1CCOCC1. The van der Waals surface area contributed by atoms with Gasteiger partial charge in [-0.15, -0.1) is 0 Å². The predicted molar refractivity (Wildman–Crippen MR) is 60.5 cm³/mol. The molecule has 1 aliphatic rings. The van der Waals surface area contributed by atoms with Crippen molar-refractivity contribution >= 4 is 17.6 Å². The number of hydrogen-bond acceptors (Lipinski definition) is 5. The van der Waals surface area contributed by atoms with Crippen molar-refractivity contribution < 1.29 is 9.53 Å². The largest absolute Gasteiger partial charge is 0.381 e. The number of hydrogen-bond donors (Lipinski definition) is 1. The maximum absolute atomic E-state index is 11.7. The highest BCUT2D eigenvalue weighted by atomic mass is 32.1. The van der Waals surface area contributed by atoms with E-state index in [2.05, 4.69) is 14.1 Å². The number of rotatable bonds is 3. The van der Waals surface area contributed by atoms with Crippen LogP contribution in [0.3, 0.4) is 0 Å². The lowest BCUT2D eigenvalue weighted by Crippen LogP contribution is -2.32. The third-order valence-electron chi connectivity index (χ3n) is 2.76. The van der Waals surface area contributed by atoms with Gasteiger partial charge in [0.25, 0.3) is 5.91 Å². The molecule has 0 aliphatic carbocycles. The molecule has 2 rings (SSSR count). The first-order chi connectivity index (χ1) is 7.77. The lowest BCUT2D eigenvalue weighted by Gasteiger charge is -2.21. The minimum atomic E-state index is -0.113. The zero-order chi connectivity index (χ0) is 11.4. The van der Waals surface area contributed by atoms with Crippen LogP contribution in [0.2, 0.25) is 0 Å². The summed E-state index contributed by atoms with van der Waals surface area (Å²) < 4.78 is 13.2. The molecule has 2 heterocycles. The summed E-state index contributed by atoms with van der Waals surface area (Å²) in [6, 6.07) is 0. The fraction of sp³-hybridized carbons (Fsp3) is 0.700. The smallest absolute Gasteiger partial charge is 0.272 e. The summed E-state index contributed by atoms with van der Waals surface area (Å²) in [6.07, 6.45) is 2.04. The highest BCUT2D eigenvalue weighted by Crippen LogP contribution is 2.13. The van der Waals surface area contributed by atoms with Gasteiger partial charge in [0.2, 0.25) is 0 Å². The lowest BCUT2D eigenvalue weighted by molar-refractivity contribution is 0.0642. The first-order valence-electron chi connectivity index (χ1n) is 5.42. The summed E-state index contributed by atoms with van der Waals surface area (Å²) in [4.78, 5) is 11.7. The van der Waals surface area contributed by atoms with Gasteiger partial charge >= 0.3 is 0 Å². The Morgan fingerprint density at radius 3 is 2.88 bits per heavy atom. The maximum atomic E-state index is 11.7. The second kappa shape index (κ2) is 5.36. The molecule has 1 aliphatic heterocycles. The van der Waals surface area contributed by atoms with Crippen LogP contribution in [0.4, 0.5) is 0 Å². The highest BCUT2D eigenvalue weighted by Gasteiger charge is 2.17. The summed E-state index contributed by atoms with van der Waals surface area (Å²) in [5.74, 6) is 0.419. The monoisotopic (exact) mass is 241 g/mol. The van der Waals surface area contributed by atoms with E-state index in [1.165, 1.54) is 0 Å². The standard InChI is InChI=1S/C10H15N3O2S/c1-7-9(13-16-12-7)10(14)11-6-8-2-4-15-5-3-8/h8H,2-6H2,1H3,(H,11,14). The maximum Gasteiger partial charge on any atom is 0.272 e. The van der Waals surface area contributed by atoms with E-state index in [1.54, 1.807) is 6.92 Å². The molecule has 0 atom stereocenters.